The highest BCUT2D eigenvalue weighted by Crippen LogP contribution is 2.31. The second-order valence-corrected chi connectivity index (χ2v) is 3.65. The van der Waals surface area contributed by atoms with Gasteiger partial charge in [-0.3, -0.25) is 0 Å². The van der Waals surface area contributed by atoms with Crippen molar-refractivity contribution in [3.05, 3.63) is 27.1 Å². The van der Waals surface area contributed by atoms with Crippen molar-refractivity contribution in [2.75, 3.05) is 0 Å². The molecule has 0 unspecified atom stereocenters. The molecule has 0 aliphatic heterocycles. The number of alkyl halides is 3. The molecule has 0 atom stereocenters. The number of hydrogen-bond acceptors (Lipinski definition) is 1. The first-order chi connectivity index (χ1) is 5.95. The van der Waals surface area contributed by atoms with E-state index in [2.05, 4.69) is 4.98 Å². The van der Waals surface area contributed by atoms with Gasteiger partial charge in [0.25, 0.3) is 0 Å². The van der Waals surface area contributed by atoms with E-state index < -0.39 is 11.9 Å². The second-order valence-electron chi connectivity index (χ2n) is 2.48. The van der Waals surface area contributed by atoms with Crippen molar-refractivity contribution in [1.82, 2.24) is 4.98 Å². The molecule has 1 aromatic heterocycles. The summed E-state index contributed by atoms with van der Waals surface area (Å²) in [6, 6.07) is 3.05. The van der Waals surface area contributed by atoms with Gasteiger partial charge in [0.05, 0.1) is 0 Å². The minimum atomic E-state index is -4.35. The Balaban J connectivity index is 3.19. The molecule has 1 heterocycles. The summed E-state index contributed by atoms with van der Waals surface area (Å²) >= 11 is 1.64. The smallest absolute Gasteiger partial charge is 0.247 e. The lowest BCUT2D eigenvalue weighted by Crippen LogP contribution is -2.11. The first-order valence-electron chi connectivity index (χ1n) is 3.67. The summed E-state index contributed by atoms with van der Waals surface area (Å²) in [5, 5.41) is 0. The standard InChI is InChI=1S/C8H7F3IN/c1-2-5-3-4-6(12)7(13-5)8(9,10)11/h3-4H,2H2,1H3. The Morgan fingerprint density at radius 3 is 2.46 bits per heavy atom. The van der Waals surface area contributed by atoms with Gasteiger partial charge in [0.15, 0.2) is 5.69 Å². The third-order valence-corrected chi connectivity index (χ3v) is 2.40. The number of hydrogen-bond donors (Lipinski definition) is 0. The summed E-state index contributed by atoms with van der Waals surface area (Å²) in [5.74, 6) is 0. The third-order valence-electron chi connectivity index (χ3n) is 1.53. The molecule has 0 fully saturated rings. The topological polar surface area (TPSA) is 12.9 Å². The number of halogens is 4. The Morgan fingerprint density at radius 1 is 1.38 bits per heavy atom. The van der Waals surface area contributed by atoms with Crippen LogP contribution in [0.1, 0.15) is 18.3 Å². The quantitative estimate of drug-likeness (QED) is 0.726. The molecule has 0 bridgehead atoms. The Bertz CT molecular complexity index is 309. The summed E-state index contributed by atoms with van der Waals surface area (Å²) in [5.41, 5.74) is -0.319. The highest BCUT2D eigenvalue weighted by molar-refractivity contribution is 14.1. The fraction of sp³-hybridized carbons (Fsp3) is 0.375. The molecule has 0 amide bonds. The maximum atomic E-state index is 12.3. The van der Waals surface area contributed by atoms with Crippen molar-refractivity contribution < 1.29 is 13.2 Å². The molecular weight excluding hydrogens is 294 g/mol. The molecule has 0 saturated heterocycles. The zero-order valence-electron chi connectivity index (χ0n) is 6.82. The van der Waals surface area contributed by atoms with Crippen molar-refractivity contribution in [3.8, 4) is 0 Å². The van der Waals surface area contributed by atoms with Crippen LogP contribution in [0.4, 0.5) is 13.2 Å². The summed E-state index contributed by atoms with van der Waals surface area (Å²) in [7, 11) is 0. The molecule has 13 heavy (non-hydrogen) atoms. The van der Waals surface area contributed by atoms with Crippen molar-refractivity contribution in [2.45, 2.75) is 19.5 Å². The first kappa shape index (κ1) is 10.7. The molecule has 1 rings (SSSR count). The molecule has 1 aromatic rings. The van der Waals surface area contributed by atoms with Crippen LogP contribution in [0.15, 0.2) is 12.1 Å². The van der Waals surface area contributed by atoms with Crippen LogP contribution < -0.4 is 0 Å². The van der Waals surface area contributed by atoms with Crippen molar-refractivity contribution >= 4 is 22.6 Å². The highest BCUT2D eigenvalue weighted by atomic mass is 127. The molecule has 5 heteroatoms. The fourth-order valence-corrected chi connectivity index (χ4v) is 1.48. The molecule has 0 N–H and O–H groups in total. The van der Waals surface area contributed by atoms with Gasteiger partial charge >= 0.3 is 6.18 Å². The van der Waals surface area contributed by atoms with Gasteiger partial charge in [-0.1, -0.05) is 6.92 Å². The number of aromatic nitrogens is 1. The van der Waals surface area contributed by atoms with Gasteiger partial charge in [0.1, 0.15) is 0 Å². The molecule has 1 nitrogen and oxygen atoms in total. The Morgan fingerprint density at radius 2 is 2.00 bits per heavy atom. The Hall–Kier alpha value is -0.330. The van der Waals surface area contributed by atoms with E-state index in [4.69, 9.17) is 0 Å². The van der Waals surface area contributed by atoms with E-state index in [1.54, 1.807) is 35.6 Å². The average molecular weight is 301 g/mol. The van der Waals surface area contributed by atoms with E-state index in [0.29, 0.717) is 12.1 Å². The minimum Gasteiger partial charge on any atom is -0.247 e. The van der Waals surface area contributed by atoms with E-state index >= 15 is 0 Å². The van der Waals surface area contributed by atoms with Gasteiger partial charge in [-0.2, -0.15) is 13.2 Å². The molecule has 0 aliphatic rings. The van der Waals surface area contributed by atoms with Crippen LogP contribution in [0.25, 0.3) is 0 Å². The van der Waals surface area contributed by atoms with Crippen LogP contribution in [0.3, 0.4) is 0 Å². The van der Waals surface area contributed by atoms with Crippen LogP contribution in [-0.2, 0) is 12.6 Å². The minimum absolute atomic E-state index is 0.141. The summed E-state index contributed by atoms with van der Waals surface area (Å²) in [4.78, 5) is 3.53. The normalized spacial score (nSPS) is 11.8. The predicted molar refractivity (Wildman–Crippen MR) is 51.3 cm³/mol. The largest absolute Gasteiger partial charge is 0.434 e. The predicted octanol–water partition coefficient (Wildman–Crippen LogP) is 3.27. The Kier molecular flexibility index (Phi) is 3.15. The van der Waals surface area contributed by atoms with Gasteiger partial charge in [0, 0.05) is 9.26 Å². The van der Waals surface area contributed by atoms with Crippen molar-refractivity contribution in [1.29, 1.82) is 0 Å². The Labute approximate surface area is 87.5 Å². The van der Waals surface area contributed by atoms with Crippen LogP contribution >= 0.6 is 22.6 Å². The average Bonchev–Trinajstić information content (AvgIpc) is 2.03. The maximum Gasteiger partial charge on any atom is 0.434 e. The van der Waals surface area contributed by atoms with E-state index in [1.807, 2.05) is 0 Å². The fourth-order valence-electron chi connectivity index (χ4n) is 0.878. The van der Waals surface area contributed by atoms with E-state index in [0.717, 1.165) is 0 Å². The SMILES string of the molecule is CCc1ccc(I)c(C(F)(F)F)n1. The van der Waals surface area contributed by atoms with Crippen LogP contribution in [0, 0.1) is 3.57 Å². The highest BCUT2D eigenvalue weighted by Gasteiger charge is 2.34. The van der Waals surface area contributed by atoms with Crippen LogP contribution in [0.2, 0.25) is 0 Å². The second kappa shape index (κ2) is 3.81. The van der Waals surface area contributed by atoms with E-state index in [-0.39, 0.29) is 3.57 Å². The monoisotopic (exact) mass is 301 g/mol. The summed E-state index contributed by atoms with van der Waals surface area (Å²) in [6.07, 6.45) is -3.83. The van der Waals surface area contributed by atoms with Crippen molar-refractivity contribution in [2.24, 2.45) is 0 Å². The van der Waals surface area contributed by atoms with E-state index in [1.165, 1.54) is 6.07 Å². The van der Waals surface area contributed by atoms with Crippen molar-refractivity contribution in [3.63, 3.8) is 0 Å². The molecule has 0 saturated carbocycles. The lowest BCUT2D eigenvalue weighted by atomic mass is 10.2. The van der Waals surface area contributed by atoms with Gasteiger partial charge in [-0.15, -0.1) is 0 Å². The van der Waals surface area contributed by atoms with Gasteiger partial charge in [0.2, 0.25) is 0 Å². The lowest BCUT2D eigenvalue weighted by Gasteiger charge is -2.08. The number of aryl methyl sites for hydroxylation is 1. The number of rotatable bonds is 1. The number of nitrogens with zero attached hydrogens (tertiary/aromatic N) is 1. The lowest BCUT2D eigenvalue weighted by molar-refractivity contribution is -0.142. The van der Waals surface area contributed by atoms with Gasteiger partial charge < -0.3 is 0 Å². The zero-order valence-corrected chi connectivity index (χ0v) is 8.98. The molecule has 72 valence electrons. The maximum absolute atomic E-state index is 12.3. The van der Waals surface area contributed by atoms with Gasteiger partial charge in [-0.05, 0) is 41.1 Å². The van der Waals surface area contributed by atoms with Gasteiger partial charge in [-0.25, -0.2) is 4.98 Å². The zero-order chi connectivity index (χ0) is 10.1. The van der Waals surface area contributed by atoms with E-state index in [9.17, 15) is 13.2 Å². The van der Waals surface area contributed by atoms with Crippen LogP contribution in [-0.4, -0.2) is 4.98 Å². The van der Waals surface area contributed by atoms with Crippen LogP contribution in [0.5, 0.6) is 0 Å². The third kappa shape index (κ3) is 2.55. The molecular formula is C8H7F3IN. The summed E-state index contributed by atoms with van der Waals surface area (Å²) < 4.78 is 37.0. The molecule has 0 radical (unpaired) electrons. The first-order valence-corrected chi connectivity index (χ1v) is 4.75. The number of pyridine rings is 1. The molecule has 0 spiro atoms. The summed E-state index contributed by atoms with van der Waals surface area (Å²) in [6.45, 7) is 1.77. The molecule has 0 aromatic carbocycles. The molecule has 0 aliphatic carbocycles.